The van der Waals surface area contributed by atoms with Gasteiger partial charge in [-0.25, -0.2) is 24.6 Å². The number of hydrogen-bond acceptors (Lipinski definition) is 13. The van der Waals surface area contributed by atoms with Crippen molar-refractivity contribution >= 4 is 52.1 Å². The fourth-order valence-corrected chi connectivity index (χ4v) is 7.17. The molecule has 0 radical (unpaired) electrons. The molecule has 3 aliphatic rings. The van der Waals surface area contributed by atoms with Crippen LogP contribution >= 0.6 is 11.6 Å². The molecule has 1 fully saturated rings. The molecule has 68 heavy (non-hydrogen) atoms. The monoisotopic (exact) mass is 964 g/mol. The number of hydrogen-bond donors (Lipinski definition) is 0. The fourth-order valence-electron chi connectivity index (χ4n) is 7.04. The molecule has 16 heteroatoms. The standard InChI is InChI=1S/C23H25N5O.C17H20N2O2.C12H17ClN4O/c1-5-19-23(29)27(4)20-14-25-21(26-22(20)28(19)15(2)3)17-11-12-24-13-18(17)16-9-7-6-8-10-16;1-16(2)17(3,4)21-19(20-16)15-10-11-18-12-14(15)13-8-6-5-7-9-13;1-5-8-11(18)16(4)9-6-14-12(13)15-10(9)17(8)7(2)3/h6-15,19H,5H2,1-4H3;5-12H,1-4H3;6-8H,5H2,1-4H3/i1D3,2D3,3D3,5D2,15D;;1D3,2D3,3D3,5D2,7D. The van der Waals surface area contributed by atoms with Crippen molar-refractivity contribution in [1.29, 1.82) is 0 Å². The van der Waals surface area contributed by atoms with Crippen LogP contribution in [0.2, 0.25) is 5.28 Å². The van der Waals surface area contributed by atoms with Crippen LogP contribution in [0.4, 0.5) is 28.7 Å². The Morgan fingerprint density at radius 3 is 1.66 bits per heavy atom. The molecule has 0 bridgehead atoms. The summed E-state index contributed by atoms with van der Waals surface area (Å²) in [6, 6.07) is 10.00. The van der Waals surface area contributed by atoms with Crippen molar-refractivity contribution in [1.82, 2.24) is 29.9 Å². The van der Waals surface area contributed by atoms with Gasteiger partial charge in [-0.1, -0.05) is 74.4 Å². The maximum Gasteiger partial charge on any atom is 0.249 e. The van der Waals surface area contributed by atoms with Gasteiger partial charge in [-0.05, 0) is 103 Å². The molecular weight excluding hydrogens is 878 g/mol. The highest BCUT2D eigenvalue weighted by molar-refractivity contribution is 6.28. The van der Waals surface area contributed by atoms with Crippen molar-refractivity contribution in [3.05, 3.63) is 115 Å². The van der Waals surface area contributed by atoms with E-state index >= 15 is 0 Å². The highest BCUT2D eigenvalue weighted by Gasteiger charge is 2.50. The van der Waals surface area contributed by atoms with Gasteiger partial charge in [0, 0.05) is 97.8 Å². The predicted octanol–water partition coefficient (Wildman–Crippen LogP) is 10.3. The summed E-state index contributed by atoms with van der Waals surface area (Å²) in [5.41, 5.74) is 3.19. The first kappa shape index (κ1) is 26.9. The van der Waals surface area contributed by atoms with Gasteiger partial charge in [-0.15, -0.1) is 5.23 Å². The largest absolute Gasteiger partial charge is 0.340 e. The second-order valence-electron chi connectivity index (χ2n) is 16.1. The maximum absolute atomic E-state index is 13.6. The van der Waals surface area contributed by atoms with Gasteiger partial charge in [-0.2, -0.15) is 4.98 Å². The Morgan fingerprint density at radius 1 is 0.647 bits per heavy atom. The van der Waals surface area contributed by atoms with Crippen LogP contribution in [0, 0.1) is 0 Å². The summed E-state index contributed by atoms with van der Waals surface area (Å²) in [4.78, 5) is 64.9. The van der Waals surface area contributed by atoms with Gasteiger partial charge in [0.05, 0.1) is 15.1 Å². The van der Waals surface area contributed by atoms with Gasteiger partial charge < -0.3 is 19.6 Å². The Hall–Kier alpha value is -6.55. The van der Waals surface area contributed by atoms with Crippen LogP contribution in [-0.2, 0) is 19.3 Å². The molecular formula is C52H62ClN11O4. The number of anilines is 5. The average Bonchev–Trinajstić information content (AvgIpc) is 0.852. The molecule has 9 rings (SSSR count). The predicted molar refractivity (Wildman–Crippen MR) is 270 cm³/mol. The lowest BCUT2D eigenvalue weighted by molar-refractivity contribution is -0.120. The van der Waals surface area contributed by atoms with Crippen LogP contribution in [0.15, 0.2) is 110 Å². The molecule has 0 aliphatic carbocycles. The topological polar surface area (TPSA) is 146 Å². The minimum absolute atomic E-state index is 0.0879. The van der Waals surface area contributed by atoms with Crippen molar-refractivity contribution in [2.75, 3.05) is 38.9 Å². The van der Waals surface area contributed by atoms with E-state index < -0.39 is 118 Å². The normalized spacial score (nSPS) is 25.2. The van der Waals surface area contributed by atoms with E-state index in [1.54, 1.807) is 42.6 Å². The molecule has 1 saturated heterocycles. The quantitative estimate of drug-likeness (QED) is 0.134. The molecule has 15 nitrogen and oxygen atoms in total. The van der Waals surface area contributed by atoms with E-state index in [4.69, 9.17) is 54.2 Å². The first-order valence-electron chi connectivity index (χ1n) is 32.6. The number of likely N-dealkylation sites (N-methyl/N-ethyl adjacent to an activating group) is 2. The number of pyridine rings is 2. The van der Waals surface area contributed by atoms with Gasteiger partial charge in [0.2, 0.25) is 17.1 Å². The zero-order valence-corrected chi connectivity index (χ0v) is 38.2. The Bertz CT molecular complexity index is 3640. The van der Waals surface area contributed by atoms with Gasteiger partial charge in [-0.3, -0.25) is 19.6 Å². The number of halogens is 1. The Balaban J connectivity index is 0.000000207. The lowest BCUT2D eigenvalue weighted by Crippen LogP contribution is -2.54. The number of carbonyl (C=O) groups excluding carboxylic acids is 2. The Kier molecular flexibility index (Phi) is 8.04. The summed E-state index contributed by atoms with van der Waals surface area (Å²) >= 11 is 5.76. The SMILES string of the molecule is CC1(C)ON(c2ccncc2-c2ccccc2)OC1(C)C.[2H]C([2H])([2H])C([2H])([2H])C1C(=O)N(C)c2cnc(-c3ccncc3-c3ccccc3)nc2N1C([2H])(C([2H])([2H])[2H])C([2H])([2H])[2H].[2H]C([2H])([2H])C([2H])([2H])C1C(=O)N(C)c2cnc(Cl)nc2N1C([2H])(C([2H])([2H])[2H])C([2H])([2H])[2H]. The fraction of sp³-hybridized carbons (Fsp3) is 0.385. The first-order chi connectivity index (χ1) is 41.8. The minimum Gasteiger partial charge on any atom is -0.340 e. The van der Waals surface area contributed by atoms with Gasteiger partial charge in [0.1, 0.15) is 40.3 Å². The summed E-state index contributed by atoms with van der Waals surface area (Å²) in [6.45, 7) is -13.7. The van der Waals surface area contributed by atoms with Crippen LogP contribution in [0.5, 0.6) is 0 Å². The summed E-state index contributed by atoms with van der Waals surface area (Å²) < 4.78 is 191. The van der Waals surface area contributed by atoms with Gasteiger partial charge >= 0.3 is 0 Å². The Morgan fingerprint density at radius 2 is 1.13 bits per heavy atom. The van der Waals surface area contributed by atoms with Gasteiger partial charge in [0.25, 0.3) is 0 Å². The highest BCUT2D eigenvalue weighted by Crippen LogP contribution is 2.43. The smallest absolute Gasteiger partial charge is 0.249 e. The molecule has 6 aromatic rings. The molecule has 356 valence electrons. The third kappa shape index (κ3) is 9.73. The third-order valence-corrected chi connectivity index (χ3v) is 11.5. The molecule has 2 amide bonds. The molecule has 2 unspecified atom stereocenters. The van der Waals surface area contributed by atoms with Crippen molar-refractivity contribution in [3.63, 3.8) is 0 Å². The van der Waals surface area contributed by atoms with Crippen molar-refractivity contribution in [3.8, 4) is 33.6 Å². The molecule has 4 aromatic heterocycles. The number of carbonyl (C=O) groups is 2. The summed E-state index contributed by atoms with van der Waals surface area (Å²) in [5, 5.41) is 0.998. The number of fused-ring (bicyclic) bond motifs is 2. The zero-order chi connectivity index (χ0) is 69.5. The van der Waals surface area contributed by atoms with Crippen LogP contribution in [0.25, 0.3) is 33.6 Å². The lowest BCUT2D eigenvalue weighted by atomic mass is 9.90. The third-order valence-electron chi connectivity index (χ3n) is 11.3. The molecule has 0 saturated carbocycles. The number of nitrogens with zero attached hydrogens (tertiary/aromatic N) is 11. The van der Waals surface area contributed by atoms with E-state index in [0.29, 0.717) is 16.7 Å². The van der Waals surface area contributed by atoms with E-state index in [2.05, 4.69) is 29.9 Å². The molecule has 3 aliphatic heterocycles. The average molecular weight is 965 g/mol. The number of benzene rings is 2. The number of rotatable bonds is 8. The van der Waals surface area contributed by atoms with E-state index in [1.807, 2.05) is 70.3 Å². The van der Waals surface area contributed by atoms with Crippen LogP contribution in [-0.4, -0.2) is 91.1 Å². The second kappa shape index (κ2) is 20.4. The van der Waals surface area contributed by atoms with E-state index in [-0.39, 0.29) is 27.0 Å². The second-order valence-corrected chi connectivity index (χ2v) is 16.4. The highest BCUT2D eigenvalue weighted by atomic mass is 35.5. The molecule has 2 aromatic carbocycles. The minimum atomic E-state index is -3.71. The maximum atomic E-state index is 13.6. The molecule has 2 atom stereocenters. The first-order valence-corrected chi connectivity index (χ1v) is 20.9. The van der Waals surface area contributed by atoms with Crippen LogP contribution in [0.1, 0.15) is 114 Å². The molecule has 0 spiro atoms. The molecule has 0 N–H and O–H groups in total. The molecule has 7 heterocycles. The summed E-state index contributed by atoms with van der Waals surface area (Å²) in [7, 11) is 2.29. The Labute approximate surface area is 438 Å². The lowest BCUT2D eigenvalue weighted by Gasteiger charge is -2.42. The zero-order valence-electron chi connectivity index (χ0n) is 61.5. The number of amides is 2. The van der Waals surface area contributed by atoms with Crippen LogP contribution < -0.4 is 24.8 Å². The van der Waals surface area contributed by atoms with E-state index in [1.165, 1.54) is 24.7 Å². The van der Waals surface area contributed by atoms with Gasteiger partial charge in [0.15, 0.2) is 17.5 Å². The number of aromatic nitrogens is 6. The van der Waals surface area contributed by atoms with E-state index in [9.17, 15) is 9.59 Å². The summed E-state index contributed by atoms with van der Waals surface area (Å²) in [5.74, 6) is -3.94. The van der Waals surface area contributed by atoms with Crippen LogP contribution in [0.3, 0.4) is 0 Å². The van der Waals surface area contributed by atoms with Crippen molar-refractivity contribution in [2.45, 2.75) is 117 Å². The van der Waals surface area contributed by atoms with Crippen molar-refractivity contribution < 1.29 is 52.2 Å². The van der Waals surface area contributed by atoms with E-state index in [0.717, 1.165) is 46.1 Å². The van der Waals surface area contributed by atoms with Crippen molar-refractivity contribution in [2.24, 2.45) is 0 Å². The summed E-state index contributed by atoms with van der Waals surface area (Å²) in [6.07, 6.45) is 1.60.